The van der Waals surface area contributed by atoms with Crippen molar-refractivity contribution >= 4 is 46.2 Å². The molecule has 0 aliphatic heterocycles. The molecule has 5 nitrogen and oxygen atoms in total. The van der Waals surface area contributed by atoms with Crippen LogP contribution in [0.4, 0.5) is 11.4 Å². The highest BCUT2D eigenvalue weighted by molar-refractivity contribution is 6.36. The van der Waals surface area contributed by atoms with Gasteiger partial charge in [-0.1, -0.05) is 34.8 Å². The molecule has 0 heterocycles. The Morgan fingerprint density at radius 3 is 2.29 bits per heavy atom. The molecule has 0 atom stereocenters. The molecule has 8 heteroatoms. The molecule has 0 saturated heterocycles. The summed E-state index contributed by atoms with van der Waals surface area (Å²) in [5.74, 6) is 0.653. The molecule has 0 aromatic heterocycles. The maximum Gasteiger partial charge on any atom is 0.269 e. The number of hydrogen-bond donors (Lipinski definition) is 1. The van der Waals surface area contributed by atoms with Crippen molar-refractivity contribution in [2.24, 2.45) is 0 Å². The molecule has 0 radical (unpaired) electrons. The Bertz CT molecular complexity index is 994. The number of nitro benzene ring substituents is 1. The summed E-state index contributed by atoms with van der Waals surface area (Å²) in [6.07, 6.45) is 0. The van der Waals surface area contributed by atoms with E-state index in [1.54, 1.807) is 42.5 Å². The first-order valence-corrected chi connectivity index (χ1v) is 9.39. The lowest BCUT2D eigenvalue weighted by atomic mass is 10.2. The summed E-state index contributed by atoms with van der Waals surface area (Å²) < 4.78 is 5.89. The van der Waals surface area contributed by atoms with Gasteiger partial charge in [0.05, 0.1) is 15.6 Å². The van der Waals surface area contributed by atoms with Crippen molar-refractivity contribution in [2.45, 2.75) is 13.2 Å². The standard InChI is InChI=1S/C20H15Cl3N2O3/c21-15-4-8-20(28-12-13-1-5-17(6-2-13)25(26)27)14(9-15)11-24-19-7-3-16(22)10-18(19)23/h1-10,24H,11-12H2. The minimum atomic E-state index is -0.435. The molecule has 0 aliphatic rings. The molecule has 0 fully saturated rings. The zero-order valence-electron chi connectivity index (χ0n) is 14.5. The topological polar surface area (TPSA) is 64.4 Å². The van der Waals surface area contributed by atoms with E-state index in [2.05, 4.69) is 5.32 Å². The Morgan fingerprint density at radius 1 is 0.929 bits per heavy atom. The number of hydrogen-bond acceptors (Lipinski definition) is 4. The number of nitro groups is 1. The van der Waals surface area contributed by atoms with Crippen molar-refractivity contribution < 1.29 is 9.66 Å². The number of nitrogens with zero attached hydrogens (tertiary/aromatic N) is 1. The first kappa shape index (κ1) is 20.3. The second kappa shape index (κ2) is 9.15. The fourth-order valence-electron chi connectivity index (χ4n) is 2.53. The first-order valence-electron chi connectivity index (χ1n) is 8.26. The molecule has 28 heavy (non-hydrogen) atoms. The monoisotopic (exact) mass is 436 g/mol. The van der Waals surface area contributed by atoms with E-state index in [1.165, 1.54) is 12.1 Å². The van der Waals surface area contributed by atoms with Crippen molar-refractivity contribution in [3.8, 4) is 5.75 Å². The lowest BCUT2D eigenvalue weighted by Crippen LogP contribution is -2.04. The largest absolute Gasteiger partial charge is 0.489 e. The van der Waals surface area contributed by atoms with Crippen molar-refractivity contribution in [1.82, 2.24) is 0 Å². The van der Waals surface area contributed by atoms with Crippen LogP contribution in [-0.2, 0) is 13.2 Å². The fourth-order valence-corrected chi connectivity index (χ4v) is 3.20. The minimum absolute atomic E-state index is 0.0416. The average molecular weight is 438 g/mol. The Balaban J connectivity index is 1.70. The molecule has 0 aliphatic carbocycles. The summed E-state index contributed by atoms with van der Waals surface area (Å²) >= 11 is 18.2. The maximum atomic E-state index is 10.7. The first-order chi connectivity index (χ1) is 13.4. The van der Waals surface area contributed by atoms with E-state index in [1.807, 2.05) is 6.07 Å². The summed E-state index contributed by atoms with van der Waals surface area (Å²) in [6.45, 7) is 0.714. The van der Waals surface area contributed by atoms with Gasteiger partial charge in [-0.2, -0.15) is 0 Å². The van der Waals surface area contributed by atoms with E-state index >= 15 is 0 Å². The minimum Gasteiger partial charge on any atom is -0.489 e. The van der Waals surface area contributed by atoms with Crippen LogP contribution in [0.3, 0.4) is 0 Å². The van der Waals surface area contributed by atoms with Gasteiger partial charge in [-0.25, -0.2) is 0 Å². The average Bonchev–Trinajstić information content (AvgIpc) is 2.67. The Labute approximate surface area is 177 Å². The summed E-state index contributed by atoms with van der Waals surface area (Å²) in [7, 11) is 0. The van der Waals surface area contributed by atoms with E-state index in [-0.39, 0.29) is 12.3 Å². The second-order valence-corrected chi connectivity index (χ2v) is 7.22. The van der Waals surface area contributed by atoms with Crippen LogP contribution in [0.25, 0.3) is 0 Å². The second-order valence-electron chi connectivity index (χ2n) is 5.94. The van der Waals surface area contributed by atoms with Gasteiger partial charge in [0, 0.05) is 34.3 Å². The quantitative estimate of drug-likeness (QED) is 0.328. The highest BCUT2D eigenvalue weighted by atomic mass is 35.5. The molecular formula is C20H15Cl3N2O3. The molecule has 0 bridgehead atoms. The zero-order chi connectivity index (χ0) is 20.1. The van der Waals surface area contributed by atoms with Crippen LogP contribution in [-0.4, -0.2) is 4.92 Å². The van der Waals surface area contributed by atoms with Gasteiger partial charge in [0.2, 0.25) is 0 Å². The normalized spacial score (nSPS) is 10.5. The molecule has 3 aromatic carbocycles. The number of ether oxygens (including phenoxy) is 1. The lowest BCUT2D eigenvalue weighted by Gasteiger charge is -2.14. The smallest absolute Gasteiger partial charge is 0.269 e. The van der Waals surface area contributed by atoms with E-state index in [9.17, 15) is 10.1 Å². The summed E-state index contributed by atoms with van der Waals surface area (Å²) in [4.78, 5) is 10.3. The van der Waals surface area contributed by atoms with Gasteiger partial charge >= 0.3 is 0 Å². The third-order valence-corrected chi connectivity index (χ3v) is 4.75. The van der Waals surface area contributed by atoms with E-state index in [0.717, 1.165) is 16.8 Å². The van der Waals surface area contributed by atoms with Gasteiger partial charge in [-0.3, -0.25) is 10.1 Å². The molecule has 0 spiro atoms. The van der Waals surface area contributed by atoms with Gasteiger partial charge < -0.3 is 10.1 Å². The van der Waals surface area contributed by atoms with Crippen molar-refractivity contribution in [2.75, 3.05) is 5.32 Å². The van der Waals surface area contributed by atoms with Gasteiger partial charge in [0.1, 0.15) is 12.4 Å². The van der Waals surface area contributed by atoms with Gasteiger partial charge in [0.25, 0.3) is 5.69 Å². The predicted molar refractivity (Wildman–Crippen MR) is 113 cm³/mol. The zero-order valence-corrected chi connectivity index (χ0v) is 16.8. The van der Waals surface area contributed by atoms with Crippen LogP contribution >= 0.6 is 34.8 Å². The van der Waals surface area contributed by atoms with Crippen molar-refractivity contribution in [3.05, 3.63) is 97.0 Å². The Kier molecular flexibility index (Phi) is 6.62. The summed E-state index contributed by atoms with van der Waals surface area (Å²) in [6, 6.07) is 16.8. The molecule has 3 aromatic rings. The van der Waals surface area contributed by atoms with Gasteiger partial charge in [-0.05, 0) is 54.1 Å². The van der Waals surface area contributed by atoms with E-state index in [0.29, 0.717) is 27.4 Å². The highest BCUT2D eigenvalue weighted by Crippen LogP contribution is 2.29. The molecule has 144 valence electrons. The number of nitrogens with one attached hydrogen (secondary N) is 1. The number of anilines is 1. The SMILES string of the molecule is O=[N+]([O-])c1ccc(COc2ccc(Cl)cc2CNc2ccc(Cl)cc2Cl)cc1. The van der Waals surface area contributed by atoms with Crippen LogP contribution in [0.5, 0.6) is 5.75 Å². The summed E-state index contributed by atoms with van der Waals surface area (Å²) in [5, 5.41) is 15.6. The summed E-state index contributed by atoms with van der Waals surface area (Å²) in [5.41, 5.74) is 2.45. The van der Waals surface area contributed by atoms with E-state index in [4.69, 9.17) is 39.5 Å². The third-order valence-electron chi connectivity index (χ3n) is 3.96. The van der Waals surface area contributed by atoms with Crippen LogP contribution in [0.2, 0.25) is 15.1 Å². The van der Waals surface area contributed by atoms with Crippen molar-refractivity contribution in [1.29, 1.82) is 0 Å². The van der Waals surface area contributed by atoms with Crippen LogP contribution in [0.1, 0.15) is 11.1 Å². The van der Waals surface area contributed by atoms with Crippen LogP contribution in [0, 0.1) is 10.1 Å². The fraction of sp³-hybridized carbons (Fsp3) is 0.100. The number of halogens is 3. The number of rotatable bonds is 7. The highest BCUT2D eigenvalue weighted by Gasteiger charge is 2.09. The molecule has 0 saturated carbocycles. The lowest BCUT2D eigenvalue weighted by molar-refractivity contribution is -0.384. The molecule has 0 unspecified atom stereocenters. The van der Waals surface area contributed by atoms with Crippen molar-refractivity contribution in [3.63, 3.8) is 0 Å². The molecule has 0 amide bonds. The molecule has 3 rings (SSSR count). The maximum absolute atomic E-state index is 10.7. The van der Waals surface area contributed by atoms with E-state index < -0.39 is 4.92 Å². The van der Waals surface area contributed by atoms with Crippen LogP contribution < -0.4 is 10.1 Å². The predicted octanol–water partition coefficient (Wildman–Crippen LogP) is 6.75. The van der Waals surface area contributed by atoms with Gasteiger partial charge in [0.15, 0.2) is 0 Å². The third kappa shape index (κ3) is 5.29. The van der Waals surface area contributed by atoms with Crippen LogP contribution in [0.15, 0.2) is 60.7 Å². The Hall–Kier alpha value is -2.47. The number of benzene rings is 3. The molecule has 1 N–H and O–H groups in total. The van der Waals surface area contributed by atoms with Gasteiger partial charge in [-0.15, -0.1) is 0 Å². The molecular weight excluding hydrogens is 423 g/mol. The number of non-ortho nitro benzene ring substituents is 1. The Morgan fingerprint density at radius 2 is 1.61 bits per heavy atom.